The lowest BCUT2D eigenvalue weighted by molar-refractivity contribution is 0.0517. The molecule has 1 aromatic carbocycles. The van der Waals surface area contributed by atoms with E-state index in [-0.39, 0.29) is 45.6 Å². The van der Waals surface area contributed by atoms with Gasteiger partial charge in [0.25, 0.3) is 5.91 Å². The first kappa shape index (κ1) is 25.1. The van der Waals surface area contributed by atoms with Gasteiger partial charge in [-0.3, -0.25) is 10.2 Å². The van der Waals surface area contributed by atoms with Gasteiger partial charge in [0.05, 0.1) is 23.8 Å². The highest BCUT2D eigenvalue weighted by molar-refractivity contribution is 7.17. The number of anilines is 2. The molecule has 0 radical (unpaired) electrons. The molecule has 2 aromatic heterocycles. The van der Waals surface area contributed by atoms with E-state index < -0.39 is 23.3 Å². The normalized spacial score (nSPS) is 10.3. The first-order chi connectivity index (χ1) is 16.7. The number of carbonyl (C=O) groups is 3. The van der Waals surface area contributed by atoms with Crippen LogP contribution in [0.5, 0.6) is 0 Å². The molecule has 0 bridgehead atoms. The summed E-state index contributed by atoms with van der Waals surface area (Å²) in [6.07, 6.45) is 0. The highest BCUT2D eigenvalue weighted by atomic mass is 32.1. The van der Waals surface area contributed by atoms with Crippen molar-refractivity contribution in [2.75, 3.05) is 24.3 Å². The molecule has 4 N–H and O–H groups in total. The summed E-state index contributed by atoms with van der Waals surface area (Å²) in [6, 6.07) is 10.5. The van der Waals surface area contributed by atoms with Gasteiger partial charge in [-0.1, -0.05) is 18.2 Å². The molecule has 0 atom stereocenters. The third-order valence-corrected chi connectivity index (χ3v) is 6.06. The lowest BCUT2D eigenvalue weighted by Gasteiger charge is -2.12. The highest BCUT2D eigenvalue weighted by Gasteiger charge is 2.30. The average molecular weight is 495 g/mol. The zero-order valence-electron chi connectivity index (χ0n) is 19.2. The molecule has 0 aliphatic rings. The Hall–Kier alpha value is -4.50. The number of carbonyl (C=O) groups excluding carboxylic acids is 3. The molecule has 0 unspecified atom stereocenters. The summed E-state index contributed by atoms with van der Waals surface area (Å²) >= 11 is 0.859. The monoisotopic (exact) mass is 494 g/mol. The number of benzene rings is 1. The van der Waals surface area contributed by atoms with Gasteiger partial charge < -0.3 is 20.5 Å². The summed E-state index contributed by atoms with van der Waals surface area (Å²) < 4.78 is 11.1. The number of nitrogen functional groups attached to an aromatic ring is 1. The molecule has 2 heterocycles. The maximum absolute atomic E-state index is 13.1. The third-order valence-electron chi connectivity index (χ3n) is 4.80. The van der Waals surface area contributed by atoms with E-state index in [2.05, 4.69) is 10.4 Å². The van der Waals surface area contributed by atoms with Crippen molar-refractivity contribution in [3.8, 4) is 11.1 Å². The lowest BCUT2D eigenvalue weighted by Crippen LogP contribution is -2.31. The number of esters is 2. The van der Waals surface area contributed by atoms with Crippen LogP contribution >= 0.6 is 11.3 Å². The molecule has 0 saturated heterocycles. The Morgan fingerprint density at radius 2 is 1.74 bits per heavy atom. The first-order valence-electron chi connectivity index (χ1n) is 10.5. The first-order valence-corrected chi connectivity index (χ1v) is 11.3. The fourth-order valence-corrected chi connectivity index (χ4v) is 4.36. The number of thiophene rings is 1. The van der Waals surface area contributed by atoms with Crippen molar-refractivity contribution < 1.29 is 23.9 Å². The van der Waals surface area contributed by atoms with Gasteiger partial charge in [0.1, 0.15) is 22.2 Å². The van der Waals surface area contributed by atoms with E-state index in [1.165, 1.54) is 0 Å². The molecule has 0 fully saturated rings. The van der Waals surface area contributed by atoms with Gasteiger partial charge in [-0.25, -0.2) is 14.3 Å². The minimum Gasteiger partial charge on any atom is -0.462 e. The summed E-state index contributed by atoms with van der Waals surface area (Å²) in [5, 5.41) is 24.9. The molecule has 12 heteroatoms. The van der Waals surface area contributed by atoms with Gasteiger partial charge in [0, 0.05) is 5.69 Å². The fourth-order valence-electron chi connectivity index (χ4n) is 3.21. The number of hydrogen-bond acceptors (Lipinski definition) is 10. The second kappa shape index (κ2) is 10.6. The molecule has 3 aromatic rings. The number of nitriles is 1. The standard InChI is InChI=1S/C23H22N6O5S/c1-4-33-22(31)15-12(3)18(20(30)27-13-9-7-6-8-10-13)35-21(15)29-19(26)16(23(32)34-5-2)17(25)14(11-24)28-29/h6-10,26H,4-5,25H2,1-3H3,(H,27,30). The summed E-state index contributed by atoms with van der Waals surface area (Å²) in [6.45, 7) is 4.84. The molecule has 35 heavy (non-hydrogen) atoms. The molecular formula is C23H22N6O5S. The molecule has 0 spiro atoms. The molecular weight excluding hydrogens is 472 g/mol. The van der Waals surface area contributed by atoms with Crippen molar-refractivity contribution in [2.45, 2.75) is 20.8 Å². The van der Waals surface area contributed by atoms with Crippen molar-refractivity contribution in [3.63, 3.8) is 0 Å². The van der Waals surface area contributed by atoms with E-state index in [0.717, 1.165) is 16.0 Å². The maximum Gasteiger partial charge on any atom is 0.344 e. The van der Waals surface area contributed by atoms with Crippen LogP contribution in [0.15, 0.2) is 30.3 Å². The van der Waals surface area contributed by atoms with Crippen LogP contribution in [0.3, 0.4) is 0 Å². The van der Waals surface area contributed by atoms with Crippen LogP contribution in [0.1, 0.15) is 55.5 Å². The van der Waals surface area contributed by atoms with E-state index >= 15 is 0 Å². The highest BCUT2D eigenvalue weighted by Crippen LogP contribution is 2.32. The second-order valence-corrected chi connectivity index (χ2v) is 8.01. The number of amides is 1. The van der Waals surface area contributed by atoms with Crippen molar-refractivity contribution >= 4 is 40.6 Å². The molecule has 1 amide bonds. The average Bonchev–Trinajstić information content (AvgIpc) is 3.17. The van der Waals surface area contributed by atoms with Gasteiger partial charge in [-0.15, -0.1) is 11.3 Å². The van der Waals surface area contributed by atoms with Crippen LogP contribution in [0.2, 0.25) is 0 Å². The Bertz CT molecular complexity index is 1400. The van der Waals surface area contributed by atoms with E-state index in [4.69, 9.17) is 20.6 Å². The molecule has 180 valence electrons. The van der Waals surface area contributed by atoms with Crippen molar-refractivity contribution in [2.24, 2.45) is 0 Å². The largest absolute Gasteiger partial charge is 0.462 e. The van der Waals surface area contributed by atoms with Crippen molar-refractivity contribution in [1.29, 1.82) is 10.7 Å². The topological polar surface area (TPSA) is 173 Å². The molecule has 3 rings (SSSR count). The van der Waals surface area contributed by atoms with Crippen LogP contribution < -0.4 is 16.5 Å². The summed E-state index contributed by atoms with van der Waals surface area (Å²) in [5.41, 5.74) is 5.17. The minimum absolute atomic E-state index is 0.0118. The third kappa shape index (κ3) is 4.90. The van der Waals surface area contributed by atoms with E-state index in [0.29, 0.717) is 11.3 Å². The predicted molar refractivity (Wildman–Crippen MR) is 127 cm³/mol. The van der Waals surface area contributed by atoms with Crippen LogP contribution in [0, 0.1) is 23.7 Å². The number of hydrogen-bond donors (Lipinski definition) is 3. The van der Waals surface area contributed by atoms with Crippen molar-refractivity contribution in [1.82, 2.24) is 9.78 Å². The predicted octanol–water partition coefficient (Wildman–Crippen LogP) is 2.78. The number of nitrogens with zero attached hydrogens (tertiary/aromatic N) is 3. The van der Waals surface area contributed by atoms with Crippen LogP contribution in [-0.2, 0) is 9.47 Å². The zero-order valence-corrected chi connectivity index (χ0v) is 20.0. The molecule has 0 aliphatic heterocycles. The zero-order chi connectivity index (χ0) is 25.7. The number of para-hydroxylation sites is 1. The Morgan fingerprint density at radius 3 is 2.31 bits per heavy atom. The van der Waals surface area contributed by atoms with Gasteiger partial charge in [0.2, 0.25) is 0 Å². The van der Waals surface area contributed by atoms with Gasteiger partial charge >= 0.3 is 11.9 Å². The number of nitrogens with two attached hydrogens (primary N) is 1. The van der Waals surface area contributed by atoms with Gasteiger partial charge in [0.15, 0.2) is 11.2 Å². The summed E-state index contributed by atoms with van der Waals surface area (Å²) in [5.74, 6) is -2.17. The smallest absolute Gasteiger partial charge is 0.344 e. The van der Waals surface area contributed by atoms with Crippen LogP contribution in [0.25, 0.3) is 5.00 Å². The Morgan fingerprint density at radius 1 is 1.14 bits per heavy atom. The van der Waals surface area contributed by atoms with Gasteiger partial charge in [-0.2, -0.15) is 10.4 Å². The SMILES string of the molecule is CCOC(=O)c1c(-n2nc(C#N)c(N)c(C(=O)OCC)c2=N)sc(C(=O)Nc2ccccc2)c1C. The summed E-state index contributed by atoms with van der Waals surface area (Å²) in [7, 11) is 0. The number of ether oxygens (including phenoxy) is 2. The van der Waals surface area contributed by atoms with Crippen molar-refractivity contribution in [3.05, 3.63) is 63.1 Å². The maximum atomic E-state index is 13.1. The van der Waals surface area contributed by atoms with Crippen LogP contribution in [-0.4, -0.2) is 40.8 Å². The number of aromatic nitrogens is 2. The fraction of sp³-hybridized carbons (Fsp3) is 0.217. The molecule has 0 saturated carbocycles. The Kier molecular flexibility index (Phi) is 7.62. The quantitative estimate of drug-likeness (QED) is 0.420. The van der Waals surface area contributed by atoms with E-state index in [9.17, 15) is 19.6 Å². The second-order valence-electron chi connectivity index (χ2n) is 7.01. The van der Waals surface area contributed by atoms with E-state index in [1.54, 1.807) is 57.2 Å². The lowest BCUT2D eigenvalue weighted by atomic mass is 10.1. The Labute approximate surface area is 204 Å². The number of rotatable bonds is 7. The number of nitrogens with one attached hydrogen (secondary N) is 2. The van der Waals surface area contributed by atoms with E-state index in [1.807, 2.05) is 0 Å². The molecule has 0 aliphatic carbocycles. The molecule has 11 nitrogen and oxygen atoms in total. The summed E-state index contributed by atoms with van der Waals surface area (Å²) in [4.78, 5) is 38.6. The van der Waals surface area contributed by atoms with Crippen LogP contribution in [0.4, 0.5) is 11.4 Å². The minimum atomic E-state index is -0.921. The van der Waals surface area contributed by atoms with Gasteiger partial charge in [-0.05, 0) is 38.5 Å². The Balaban J connectivity index is 2.27.